The number of carboxylic acid groups (broad SMARTS) is 1. The van der Waals surface area contributed by atoms with E-state index in [1.807, 2.05) is 43.3 Å². The predicted molar refractivity (Wildman–Crippen MR) is 554 cm³/mol. The number of likely N-dealkylation sites (tertiary alicyclic amines) is 2. The molecule has 48 nitrogen and oxygen atoms in total. The third kappa shape index (κ3) is 36.6. The number of anilines is 2. The number of hydrogen-bond acceptors (Lipinski definition) is 26. The Hall–Kier alpha value is -15.0. The molecule has 15 amide bonds. The summed E-state index contributed by atoms with van der Waals surface area (Å²) in [4.78, 5) is 238. The Balaban J connectivity index is 0.991. The van der Waals surface area contributed by atoms with Crippen LogP contribution in [0.3, 0.4) is 0 Å². The van der Waals surface area contributed by atoms with E-state index in [2.05, 4.69) is 84.3 Å². The van der Waals surface area contributed by atoms with Crippen molar-refractivity contribution in [2.75, 3.05) is 83.2 Å². The van der Waals surface area contributed by atoms with Crippen LogP contribution in [0.15, 0.2) is 131 Å². The number of nitrogens with one attached hydrogen (secondary N) is 16. The highest BCUT2D eigenvalue weighted by atomic mass is 32.2. The first-order valence-electron chi connectivity index (χ1n) is 49.9. The lowest BCUT2D eigenvalue weighted by molar-refractivity contribution is -0.145. The van der Waals surface area contributed by atoms with Gasteiger partial charge in [0.2, 0.25) is 82.7 Å². The number of carbonyl (C=O) groups is 16. The van der Waals surface area contributed by atoms with Crippen molar-refractivity contribution in [3.63, 3.8) is 0 Å². The van der Waals surface area contributed by atoms with Crippen LogP contribution in [-0.4, -0.2) is 290 Å². The number of primary amides is 2. The van der Waals surface area contributed by atoms with Gasteiger partial charge in [-0.25, -0.2) is 0 Å². The minimum Gasteiger partial charge on any atom is -0.481 e. The van der Waals surface area contributed by atoms with Crippen LogP contribution in [0.2, 0.25) is 0 Å². The fourth-order valence-corrected chi connectivity index (χ4v) is 18.2. The number of azo groups is 1. The van der Waals surface area contributed by atoms with Crippen molar-refractivity contribution in [1.82, 2.24) is 83.5 Å². The van der Waals surface area contributed by atoms with Crippen LogP contribution in [0.4, 0.5) is 22.7 Å². The van der Waals surface area contributed by atoms with Crippen molar-refractivity contribution in [2.45, 2.75) is 253 Å². The molecule has 806 valence electrons. The molecule has 2 aliphatic heterocycles. The molecule has 0 bridgehead atoms. The second kappa shape index (κ2) is 59.0. The Morgan fingerprint density at radius 2 is 1.03 bits per heavy atom. The number of nitrogens with two attached hydrogens (primary N) is 6. The van der Waals surface area contributed by atoms with Crippen molar-refractivity contribution >= 4 is 161 Å². The second-order valence-electron chi connectivity index (χ2n) is 37.2. The number of rotatable bonds is 62. The number of fused-ring (bicyclic) bond motifs is 2. The summed E-state index contributed by atoms with van der Waals surface area (Å²) in [5, 5.41) is 70.7. The van der Waals surface area contributed by atoms with Gasteiger partial charge in [-0.05, 0) is 214 Å². The van der Waals surface area contributed by atoms with Gasteiger partial charge < -0.3 is 133 Å². The molecule has 2 saturated heterocycles. The first-order chi connectivity index (χ1) is 70.5. The first kappa shape index (κ1) is 118. The summed E-state index contributed by atoms with van der Waals surface area (Å²) in [5.41, 5.74) is 38.1. The summed E-state index contributed by atoms with van der Waals surface area (Å²) >= 11 is 0. The third-order valence-corrected chi connectivity index (χ3v) is 26.3. The number of carbonyl (C=O) groups excluding carboxylic acids is 15. The van der Waals surface area contributed by atoms with E-state index in [1.165, 1.54) is 41.0 Å². The molecule has 2 fully saturated rings. The number of guanidine groups is 2. The molecule has 6 aromatic rings. The molecule has 8 rings (SSSR count). The summed E-state index contributed by atoms with van der Waals surface area (Å²) < 4.78 is 35.4. The fraction of sp³-hybridized carbons (Fsp3) is 0.515. The van der Waals surface area contributed by atoms with Gasteiger partial charge in [-0.1, -0.05) is 69.7 Å². The van der Waals surface area contributed by atoms with E-state index in [0.29, 0.717) is 65.5 Å². The number of hydrogen-bond donors (Lipinski definition) is 24. The van der Waals surface area contributed by atoms with Gasteiger partial charge >= 0.3 is 5.97 Å². The van der Waals surface area contributed by atoms with Crippen molar-refractivity contribution in [1.29, 1.82) is 10.8 Å². The number of aromatic amines is 1. The van der Waals surface area contributed by atoms with Crippen molar-refractivity contribution < 1.29 is 94.8 Å². The number of unbranched alkanes of at least 4 members (excludes halogenated alkanes) is 2. The van der Waals surface area contributed by atoms with Crippen molar-refractivity contribution in [3.8, 4) is 0 Å². The van der Waals surface area contributed by atoms with Crippen LogP contribution in [0, 0.1) is 16.7 Å². The van der Waals surface area contributed by atoms with E-state index in [-0.39, 0.29) is 165 Å². The molecule has 0 radical (unpaired) electrons. The molecule has 0 saturated carbocycles. The largest absolute Gasteiger partial charge is 0.481 e. The lowest BCUT2D eigenvalue weighted by Crippen LogP contribution is -2.62. The third-order valence-electron chi connectivity index (χ3n) is 25.4. The van der Waals surface area contributed by atoms with E-state index >= 15 is 24.0 Å². The Labute approximate surface area is 858 Å². The monoisotopic (exact) mass is 2080 g/mol. The second-order valence-corrected chi connectivity index (χ2v) is 38.6. The molecule has 0 aliphatic carbocycles. The minimum atomic E-state index is -4.78. The van der Waals surface area contributed by atoms with Crippen molar-refractivity contribution in [2.24, 2.45) is 50.5 Å². The number of aromatic nitrogens is 1. The molecule has 1 aromatic heterocycles. The van der Waals surface area contributed by atoms with E-state index in [4.69, 9.17) is 45.2 Å². The predicted octanol–water partition coefficient (Wildman–Crippen LogP) is 1.33. The zero-order valence-electron chi connectivity index (χ0n) is 84.4. The zero-order chi connectivity index (χ0) is 108. The molecule has 12 atom stereocenters. The maximum Gasteiger partial charge on any atom is 0.303 e. The highest BCUT2D eigenvalue weighted by molar-refractivity contribution is 7.86. The minimum absolute atomic E-state index is 0.0185. The van der Waals surface area contributed by atoms with Gasteiger partial charge in [0.1, 0.15) is 77.4 Å². The molecular weight excluding hydrogens is 1930 g/mol. The smallest absolute Gasteiger partial charge is 0.303 e. The Morgan fingerprint density at radius 3 is 1.60 bits per heavy atom. The van der Waals surface area contributed by atoms with Gasteiger partial charge in [0.15, 0.2) is 11.9 Å². The Kier molecular flexibility index (Phi) is 47.1. The van der Waals surface area contributed by atoms with E-state index in [0.717, 1.165) is 10.6 Å². The van der Waals surface area contributed by atoms with Crippen LogP contribution in [0.25, 0.3) is 21.7 Å². The lowest BCUT2D eigenvalue weighted by atomic mass is 10.0. The highest BCUT2D eigenvalue weighted by Crippen LogP contribution is 2.31. The van der Waals surface area contributed by atoms with Crippen LogP contribution in [-0.2, 0) is 88.5 Å². The topological polar surface area (TPSA) is 761 Å². The van der Waals surface area contributed by atoms with Crippen LogP contribution < -0.4 is 108 Å². The highest BCUT2D eigenvalue weighted by Gasteiger charge is 2.45. The number of para-hydroxylation sites is 1. The number of benzene rings is 5. The molecule has 5 aromatic carbocycles. The molecule has 30 N–H and O–H groups in total. The van der Waals surface area contributed by atoms with Gasteiger partial charge in [0.05, 0.1) is 11.4 Å². The lowest BCUT2D eigenvalue weighted by Gasteiger charge is -2.35. The summed E-state index contributed by atoms with van der Waals surface area (Å²) in [6, 6.07) is 12.0. The molecule has 148 heavy (non-hydrogen) atoms. The quantitative estimate of drug-likeness (QED) is 0.00842. The molecule has 3 heterocycles. The standard InChI is InChI=1S/C99H144N28O20S/c1-7-21-71(88(135)120-76(56-61-57-112-68-25-9-8-22-65(61)68)90(137)118-75(30-17-51-111-99(106)107)97(144)127(55-52-108-69-28-14-24-67-66(69)23-15-33-80(67)148(145,146)147)79(44-45-81(102)128)91(138)113-59(4)86(133)115-70(85(103)132)26-10-12-47-100)116-89(136)72(43-46-83(130)131)117-94(141)84(58(2)3)121-93(140)78-32-20-54-126(78)96(143)74(27-11-13-48-101)119-92(139)77-31-19-53-125(77)95(142)73(29-16-50-110-98(104)105)114-82(129)34-18-49-109-87(134)60-35-37-62(38-36-60)122-123-63-39-41-64(42-40-63)124(5)6/h8-9,14-15,22-25,28,33,35-42,57-59,70-79,84,108,112H,7,10-13,16-21,26-27,29-32,34,43-56,100-101H2,1-6H3,(H2,102,128)(H2,103,132)(H,109,134)(H,113,138)(H,114,129)(H,115,133)(H,116,136)(H,117,141)(H,118,137)(H,119,139)(H,120,135)(H,121,140)(H,130,131)(H4,104,105,110)(H4,106,107,111)(H,145,146,147)/t59-,70-,71-,72-,73-,74-,75-,76-,77-,78-,79-,84-/m0/s1. The first-order valence-corrected chi connectivity index (χ1v) is 51.3. The van der Waals surface area contributed by atoms with Gasteiger partial charge in [-0.3, -0.25) is 92.1 Å². The van der Waals surface area contributed by atoms with Crippen LogP contribution >= 0.6 is 0 Å². The molecule has 49 heteroatoms. The number of carboxylic acids is 1. The molecule has 0 spiro atoms. The summed E-state index contributed by atoms with van der Waals surface area (Å²) in [6.45, 7) is 6.06. The Morgan fingerprint density at radius 1 is 0.507 bits per heavy atom. The Bertz CT molecular complexity index is 5770. The van der Waals surface area contributed by atoms with Gasteiger partial charge in [0.25, 0.3) is 16.0 Å². The average Bonchev–Trinajstić information content (AvgIpc) is 1.05. The zero-order valence-corrected chi connectivity index (χ0v) is 85.2. The van der Waals surface area contributed by atoms with Crippen molar-refractivity contribution in [3.05, 3.63) is 127 Å². The van der Waals surface area contributed by atoms with E-state index in [1.54, 1.807) is 87.6 Å². The molecular formula is C99H144N28O20S. The summed E-state index contributed by atoms with van der Waals surface area (Å²) in [5.74, 6) is -15.6. The SMILES string of the molecule is CCC[C@H](NC(=O)[C@H](CCC(=O)O)NC(=O)[C@@H](NC(=O)[C@@H]1CCCN1C(=O)[C@H](CCCCN)NC(=O)[C@@H]1CCCN1C(=O)[C@H](CCCNC(=N)N)NC(=O)CCCNC(=O)c1ccc(N=Nc2ccc(N(C)C)cc2)cc1)C(C)C)C(=O)N[C@@H](Cc1c[nH]c2ccccc12)C(=O)N[C@@H](CCCNC(=N)N)C(=O)N(CCNc1cccc2c(S(=O)(=O)O)cccc12)[C@@H](CCC(N)=O)C(=O)N[C@@H](C)C(=O)N[C@@H](CCCCN)C(N)=O. The van der Waals surface area contributed by atoms with Crippen LogP contribution in [0.1, 0.15) is 185 Å². The number of nitrogens with zero attached hydrogens (tertiary/aromatic N) is 6. The van der Waals surface area contributed by atoms with Gasteiger partial charge in [-0.2, -0.15) is 18.6 Å². The van der Waals surface area contributed by atoms with Crippen LogP contribution in [0.5, 0.6) is 0 Å². The fourth-order valence-electron chi connectivity index (χ4n) is 17.5. The number of H-pyrrole nitrogens is 1. The van der Waals surface area contributed by atoms with Gasteiger partial charge in [-0.15, -0.1) is 0 Å². The van der Waals surface area contributed by atoms with Gasteiger partial charge in [0, 0.05) is 130 Å². The molecule has 2 aliphatic rings. The number of aliphatic carboxylic acids is 1. The molecule has 0 unspecified atom stereocenters. The van der Waals surface area contributed by atoms with E-state index < -0.39 is 226 Å². The maximum absolute atomic E-state index is 16.1. The maximum atomic E-state index is 16.1. The summed E-state index contributed by atoms with van der Waals surface area (Å²) in [7, 11) is -0.922. The number of amides is 15. The normalized spacial score (nSPS) is 15.5. The summed E-state index contributed by atoms with van der Waals surface area (Å²) in [6.07, 6.45) is 1.44. The van der Waals surface area contributed by atoms with E-state index in [9.17, 15) is 70.8 Å². The average molecular weight is 2080 g/mol.